The summed E-state index contributed by atoms with van der Waals surface area (Å²) in [6.45, 7) is 0.436. The minimum absolute atomic E-state index is 0.132. The van der Waals surface area contributed by atoms with E-state index in [0.29, 0.717) is 15.8 Å². The van der Waals surface area contributed by atoms with Crippen molar-refractivity contribution in [3.05, 3.63) is 112 Å². The number of anilines is 1. The molecule has 0 bridgehead atoms. The quantitative estimate of drug-likeness (QED) is 0.196. The van der Waals surface area contributed by atoms with Crippen molar-refractivity contribution in [1.29, 1.82) is 0 Å². The number of para-hydroxylation sites is 1. The number of benzene rings is 4. The van der Waals surface area contributed by atoms with E-state index >= 15 is 0 Å². The van der Waals surface area contributed by atoms with E-state index in [4.69, 9.17) is 17.0 Å². The zero-order valence-corrected chi connectivity index (χ0v) is 20.6. The van der Waals surface area contributed by atoms with E-state index in [1.807, 2.05) is 72.8 Å². The Balaban J connectivity index is 1.41. The highest BCUT2D eigenvalue weighted by Crippen LogP contribution is 2.38. The molecule has 0 saturated carbocycles. The van der Waals surface area contributed by atoms with E-state index in [2.05, 4.69) is 40.2 Å². The SMILES string of the molecule is O=C1C(=Cc2ccccc2OCc2cccc3ccccc23)SC(=S)N1c1cccc(Br)c1. The van der Waals surface area contributed by atoms with E-state index in [1.54, 1.807) is 4.90 Å². The molecule has 5 rings (SSSR count). The number of nitrogens with zero attached hydrogens (tertiary/aromatic N) is 1. The van der Waals surface area contributed by atoms with Crippen LogP contribution in [0.4, 0.5) is 5.69 Å². The number of ether oxygens (including phenoxy) is 1. The lowest BCUT2D eigenvalue weighted by Gasteiger charge is -2.14. The maximum Gasteiger partial charge on any atom is 0.270 e. The van der Waals surface area contributed by atoms with Gasteiger partial charge in [0.05, 0.1) is 10.6 Å². The third-order valence-corrected chi connectivity index (χ3v) is 7.12. The number of thioether (sulfide) groups is 1. The Hall–Kier alpha value is -2.93. The van der Waals surface area contributed by atoms with E-state index in [9.17, 15) is 4.79 Å². The first kappa shape index (κ1) is 21.9. The van der Waals surface area contributed by atoms with E-state index in [-0.39, 0.29) is 5.91 Å². The van der Waals surface area contributed by atoms with Gasteiger partial charge in [-0.3, -0.25) is 9.69 Å². The van der Waals surface area contributed by atoms with Crippen molar-refractivity contribution in [3.8, 4) is 5.75 Å². The van der Waals surface area contributed by atoms with Crippen molar-refractivity contribution in [2.45, 2.75) is 6.61 Å². The van der Waals surface area contributed by atoms with Gasteiger partial charge in [-0.25, -0.2) is 0 Å². The maximum atomic E-state index is 13.2. The van der Waals surface area contributed by atoms with Crippen LogP contribution < -0.4 is 9.64 Å². The minimum atomic E-state index is -0.132. The first-order chi connectivity index (χ1) is 16.1. The molecule has 0 aromatic heterocycles. The van der Waals surface area contributed by atoms with Gasteiger partial charge in [0.15, 0.2) is 4.32 Å². The predicted molar refractivity (Wildman–Crippen MR) is 145 cm³/mol. The number of rotatable bonds is 5. The Labute approximate surface area is 210 Å². The lowest BCUT2D eigenvalue weighted by atomic mass is 10.1. The second kappa shape index (κ2) is 9.51. The van der Waals surface area contributed by atoms with Crippen molar-refractivity contribution in [2.75, 3.05) is 4.90 Å². The molecule has 1 amide bonds. The molecule has 0 spiro atoms. The highest BCUT2D eigenvalue weighted by atomic mass is 79.9. The van der Waals surface area contributed by atoms with Crippen molar-refractivity contribution < 1.29 is 9.53 Å². The summed E-state index contributed by atoms with van der Waals surface area (Å²) in [5.74, 6) is 0.588. The number of hydrogen-bond donors (Lipinski definition) is 0. The number of carbonyl (C=O) groups excluding carboxylic acids is 1. The average molecular weight is 532 g/mol. The normalized spacial score (nSPS) is 14.9. The summed E-state index contributed by atoms with van der Waals surface area (Å²) in [5.41, 5.74) is 2.70. The highest BCUT2D eigenvalue weighted by molar-refractivity contribution is 9.10. The van der Waals surface area contributed by atoms with Crippen LogP contribution in [0.3, 0.4) is 0 Å². The van der Waals surface area contributed by atoms with Crippen LogP contribution in [0.2, 0.25) is 0 Å². The van der Waals surface area contributed by atoms with Crippen molar-refractivity contribution >= 4 is 72.7 Å². The number of amides is 1. The van der Waals surface area contributed by atoms with Crippen LogP contribution in [0.5, 0.6) is 5.75 Å². The van der Waals surface area contributed by atoms with Crippen LogP contribution in [-0.2, 0) is 11.4 Å². The standard InChI is InChI=1S/C27H18BrNO2S2/c28-21-11-6-12-22(16-21)29-26(30)25(33-27(29)32)15-19-8-2-4-14-24(19)31-17-20-10-5-9-18-7-1-3-13-23(18)20/h1-16H,17H2. The first-order valence-corrected chi connectivity index (χ1v) is 12.3. The molecule has 1 fully saturated rings. The Bertz CT molecular complexity index is 1410. The van der Waals surface area contributed by atoms with Gasteiger partial charge in [-0.1, -0.05) is 107 Å². The van der Waals surface area contributed by atoms with Gasteiger partial charge in [-0.2, -0.15) is 0 Å². The van der Waals surface area contributed by atoms with Gasteiger partial charge >= 0.3 is 0 Å². The molecule has 4 aromatic carbocycles. The molecule has 162 valence electrons. The van der Waals surface area contributed by atoms with Gasteiger partial charge in [-0.15, -0.1) is 0 Å². The highest BCUT2D eigenvalue weighted by Gasteiger charge is 2.33. The molecule has 0 unspecified atom stereocenters. The van der Waals surface area contributed by atoms with Gasteiger partial charge < -0.3 is 4.74 Å². The summed E-state index contributed by atoms with van der Waals surface area (Å²) in [4.78, 5) is 15.3. The Kier molecular flexibility index (Phi) is 6.31. The third-order valence-electron chi connectivity index (χ3n) is 5.33. The predicted octanol–water partition coefficient (Wildman–Crippen LogP) is 7.59. The summed E-state index contributed by atoms with van der Waals surface area (Å²) in [6.07, 6.45) is 1.86. The zero-order chi connectivity index (χ0) is 22.8. The van der Waals surface area contributed by atoms with Crippen molar-refractivity contribution in [1.82, 2.24) is 0 Å². The first-order valence-electron chi connectivity index (χ1n) is 10.3. The van der Waals surface area contributed by atoms with Crippen LogP contribution >= 0.6 is 39.9 Å². The maximum absolute atomic E-state index is 13.2. The lowest BCUT2D eigenvalue weighted by Crippen LogP contribution is -2.27. The zero-order valence-electron chi connectivity index (χ0n) is 17.4. The van der Waals surface area contributed by atoms with Crippen LogP contribution in [-0.4, -0.2) is 10.2 Å². The van der Waals surface area contributed by atoms with Crippen molar-refractivity contribution in [3.63, 3.8) is 0 Å². The topological polar surface area (TPSA) is 29.5 Å². The van der Waals surface area contributed by atoms with Crippen molar-refractivity contribution in [2.24, 2.45) is 0 Å². The van der Waals surface area contributed by atoms with Gasteiger partial charge in [0.25, 0.3) is 5.91 Å². The monoisotopic (exact) mass is 531 g/mol. The number of hydrogen-bond acceptors (Lipinski definition) is 4. The van der Waals surface area contributed by atoms with E-state index < -0.39 is 0 Å². The largest absolute Gasteiger partial charge is 0.488 e. The minimum Gasteiger partial charge on any atom is -0.488 e. The van der Waals surface area contributed by atoms with Crippen LogP contribution in [0.1, 0.15) is 11.1 Å². The Morgan fingerprint density at radius 2 is 1.70 bits per heavy atom. The molecular weight excluding hydrogens is 514 g/mol. The van der Waals surface area contributed by atoms with Crippen LogP contribution in [0, 0.1) is 0 Å². The molecule has 1 heterocycles. The number of fused-ring (bicyclic) bond motifs is 1. The second-order valence-corrected chi connectivity index (χ2v) is 10.1. The van der Waals surface area contributed by atoms with Gasteiger partial charge in [-0.05, 0) is 46.7 Å². The molecule has 0 aliphatic carbocycles. The fraction of sp³-hybridized carbons (Fsp3) is 0.0370. The summed E-state index contributed by atoms with van der Waals surface area (Å²) < 4.78 is 7.62. The number of thiocarbonyl (C=S) groups is 1. The molecular formula is C27H18BrNO2S2. The van der Waals surface area contributed by atoms with E-state index in [1.165, 1.54) is 22.5 Å². The molecule has 33 heavy (non-hydrogen) atoms. The smallest absolute Gasteiger partial charge is 0.270 e. The van der Waals surface area contributed by atoms with Gasteiger partial charge in [0.1, 0.15) is 12.4 Å². The third kappa shape index (κ3) is 4.60. The van der Waals surface area contributed by atoms with Crippen LogP contribution in [0.25, 0.3) is 16.8 Å². The fourth-order valence-electron chi connectivity index (χ4n) is 3.75. The Morgan fingerprint density at radius 1 is 0.939 bits per heavy atom. The van der Waals surface area contributed by atoms with E-state index in [0.717, 1.165) is 27.0 Å². The summed E-state index contributed by atoms with van der Waals surface area (Å²) >= 11 is 10.3. The second-order valence-electron chi connectivity index (χ2n) is 7.46. The Morgan fingerprint density at radius 3 is 2.58 bits per heavy atom. The molecule has 4 aromatic rings. The summed E-state index contributed by atoms with van der Waals surface area (Å²) in [6, 6.07) is 29.8. The molecule has 6 heteroatoms. The molecule has 0 radical (unpaired) electrons. The molecule has 0 atom stereocenters. The molecule has 1 aliphatic rings. The fourth-order valence-corrected chi connectivity index (χ4v) is 5.43. The summed E-state index contributed by atoms with van der Waals surface area (Å²) in [5, 5.41) is 2.36. The molecule has 1 saturated heterocycles. The summed E-state index contributed by atoms with van der Waals surface area (Å²) in [7, 11) is 0. The van der Waals surface area contributed by atoms with Crippen LogP contribution in [0.15, 0.2) is 100 Å². The average Bonchev–Trinajstić information content (AvgIpc) is 3.11. The molecule has 3 nitrogen and oxygen atoms in total. The van der Waals surface area contributed by atoms with Gasteiger partial charge in [0, 0.05) is 10.0 Å². The number of halogens is 1. The molecule has 1 aliphatic heterocycles. The number of carbonyl (C=O) groups is 1. The van der Waals surface area contributed by atoms with Gasteiger partial charge in [0.2, 0.25) is 0 Å². The molecule has 0 N–H and O–H groups in total. The lowest BCUT2D eigenvalue weighted by molar-refractivity contribution is -0.113.